The predicted molar refractivity (Wildman–Crippen MR) is 129 cm³/mol. The van der Waals surface area contributed by atoms with E-state index in [2.05, 4.69) is 16.0 Å². The molecular weight excluding hydrogens is 524 g/mol. The number of ether oxygens (including phenoxy) is 1. The van der Waals surface area contributed by atoms with Crippen molar-refractivity contribution in [2.75, 3.05) is 6.61 Å². The highest BCUT2D eigenvalue weighted by molar-refractivity contribution is 5.52. The third-order valence-electron chi connectivity index (χ3n) is 6.22. The summed E-state index contributed by atoms with van der Waals surface area (Å²) in [7, 11) is 0. The summed E-state index contributed by atoms with van der Waals surface area (Å²) in [5.41, 5.74) is 0.377. The van der Waals surface area contributed by atoms with Crippen LogP contribution in [0.4, 0.5) is 26.3 Å². The van der Waals surface area contributed by atoms with Gasteiger partial charge in [-0.1, -0.05) is 31.9 Å². The Morgan fingerprint density at radius 2 is 1.54 bits per heavy atom. The van der Waals surface area contributed by atoms with Crippen molar-refractivity contribution in [3.05, 3.63) is 94.5 Å². The second-order valence-corrected chi connectivity index (χ2v) is 9.05. The first-order chi connectivity index (χ1) is 18.5. The van der Waals surface area contributed by atoms with Crippen molar-refractivity contribution in [2.45, 2.75) is 57.9 Å². The lowest BCUT2D eigenvalue weighted by molar-refractivity contribution is -0.142. The Bertz CT molecular complexity index is 1290. The topological polar surface area (TPSA) is 65.3 Å². The van der Waals surface area contributed by atoms with Crippen molar-refractivity contribution in [3.63, 3.8) is 0 Å². The summed E-state index contributed by atoms with van der Waals surface area (Å²) in [6, 6.07) is 6.67. The Morgan fingerprint density at radius 3 is 2.05 bits per heavy atom. The molecule has 0 spiro atoms. The van der Waals surface area contributed by atoms with Crippen LogP contribution in [0.2, 0.25) is 0 Å². The number of fused-ring (bicyclic) bond motifs is 1. The average molecular weight is 550 g/mol. The number of alkyl halides is 6. The molecule has 0 aromatic carbocycles. The number of aromatic nitrogens is 2. The molecule has 206 valence electrons. The van der Waals surface area contributed by atoms with Gasteiger partial charge in [-0.05, 0) is 41.8 Å². The third kappa shape index (κ3) is 6.42. The van der Waals surface area contributed by atoms with Gasteiger partial charge in [-0.15, -0.1) is 0 Å². The number of nitrogens with zero attached hydrogens (tertiary/aromatic N) is 5. The van der Waals surface area contributed by atoms with Gasteiger partial charge in [0.1, 0.15) is 23.0 Å². The van der Waals surface area contributed by atoms with Crippen LogP contribution in [-0.2, 0) is 30.2 Å². The number of hydrogen-bond acceptors (Lipinski definition) is 6. The van der Waals surface area contributed by atoms with Gasteiger partial charge < -0.3 is 14.5 Å². The van der Waals surface area contributed by atoms with Crippen molar-refractivity contribution in [1.82, 2.24) is 19.8 Å². The van der Waals surface area contributed by atoms with Crippen molar-refractivity contribution in [1.29, 1.82) is 5.26 Å². The minimum atomic E-state index is -4.57. The highest BCUT2D eigenvalue weighted by atomic mass is 19.4. The molecule has 0 fully saturated rings. The van der Waals surface area contributed by atoms with Crippen molar-refractivity contribution in [3.8, 4) is 6.07 Å². The maximum Gasteiger partial charge on any atom is 0.433 e. The minimum Gasteiger partial charge on any atom is -0.353 e. The lowest BCUT2D eigenvalue weighted by Gasteiger charge is -2.31. The third-order valence-corrected chi connectivity index (χ3v) is 6.22. The van der Waals surface area contributed by atoms with Crippen LogP contribution in [0, 0.1) is 11.3 Å². The SMILES string of the molecule is CCCCCOC1C(C#N)=C2C(=CC=CN2Cc2ccc(C(F)(F)F)nc2)N1Cc1ccc(C(F)(F)F)nc1. The first-order valence-corrected chi connectivity index (χ1v) is 12.2. The quantitative estimate of drug-likeness (QED) is 0.261. The van der Waals surface area contributed by atoms with E-state index in [-0.39, 0.29) is 13.1 Å². The van der Waals surface area contributed by atoms with E-state index < -0.39 is 30.0 Å². The molecule has 0 saturated carbocycles. The number of unbranched alkanes of at least 4 members (excludes halogenated alkanes) is 2. The van der Waals surface area contributed by atoms with Crippen LogP contribution in [0.1, 0.15) is 48.7 Å². The lowest BCUT2D eigenvalue weighted by atomic mass is 10.1. The lowest BCUT2D eigenvalue weighted by Crippen LogP contribution is -2.33. The summed E-state index contributed by atoms with van der Waals surface area (Å²) in [5.74, 6) is 0. The van der Waals surface area contributed by atoms with Gasteiger partial charge in [-0.3, -0.25) is 9.97 Å². The number of rotatable bonds is 9. The van der Waals surface area contributed by atoms with Crippen molar-refractivity contribution >= 4 is 0 Å². The molecule has 12 heteroatoms. The van der Waals surface area contributed by atoms with Crippen LogP contribution in [0.15, 0.2) is 72.0 Å². The molecular formula is C27H25F6N5O. The minimum absolute atomic E-state index is 0.119. The number of pyridine rings is 2. The fourth-order valence-electron chi connectivity index (χ4n) is 4.36. The summed E-state index contributed by atoms with van der Waals surface area (Å²) < 4.78 is 83.9. The number of hydrogen-bond donors (Lipinski definition) is 0. The molecule has 0 radical (unpaired) electrons. The summed E-state index contributed by atoms with van der Waals surface area (Å²) >= 11 is 0. The Labute approximate surface area is 221 Å². The van der Waals surface area contributed by atoms with Crippen LogP contribution in [0.25, 0.3) is 0 Å². The summed E-state index contributed by atoms with van der Waals surface area (Å²) in [6.07, 6.45) is 0.192. The molecule has 0 amide bonds. The molecule has 0 N–H and O–H groups in total. The van der Waals surface area contributed by atoms with E-state index in [0.717, 1.165) is 43.8 Å². The van der Waals surface area contributed by atoms with Gasteiger partial charge in [0, 0.05) is 38.3 Å². The van der Waals surface area contributed by atoms with Gasteiger partial charge in [-0.2, -0.15) is 31.6 Å². The maximum atomic E-state index is 13.0. The van der Waals surface area contributed by atoms with E-state index in [4.69, 9.17) is 4.74 Å². The zero-order chi connectivity index (χ0) is 28.2. The summed E-state index contributed by atoms with van der Waals surface area (Å²) in [5, 5.41) is 10.1. The predicted octanol–water partition coefficient (Wildman–Crippen LogP) is 6.55. The van der Waals surface area contributed by atoms with Crippen LogP contribution in [0.5, 0.6) is 0 Å². The summed E-state index contributed by atoms with van der Waals surface area (Å²) in [4.78, 5) is 10.6. The Balaban J connectivity index is 1.63. The molecule has 2 aromatic rings. The van der Waals surface area contributed by atoms with E-state index in [1.54, 1.807) is 28.2 Å². The first kappa shape index (κ1) is 28.2. The Morgan fingerprint density at radius 1 is 0.923 bits per heavy atom. The molecule has 6 nitrogen and oxygen atoms in total. The molecule has 2 aromatic heterocycles. The van der Waals surface area contributed by atoms with Gasteiger partial charge in [0.05, 0.1) is 11.4 Å². The summed E-state index contributed by atoms with van der Waals surface area (Å²) in [6.45, 7) is 2.66. The van der Waals surface area contributed by atoms with Crippen molar-refractivity contribution < 1.29 is 31.1 Å². The highest BCUT2D eigenvalue weighted by Crippen LogP contribution is 2.40. The van der Waals surface area contributed by atoms with Gasteiger partial charge in [0.25, 0.3) is 0 Å². The molecule has 1 atom stereocenters. The first-order valence-electron chi connectivity index (χ1n) is 12.2. The van der Waals surface area contributed by atoms with E-state index in [0.29, 0.717) is 34.7 Å². The van der Waals surface area contributed by atoms with Crippen LogP contribution in [0.3, 0.4) is 0 Å². The number of nitriles is 1. The van der Waals surface area contributed by atoms with Crippen LogP contribution < -0.4 is 0 Å². The normalized spacial score (nSPS) is 17.4. The van der Waals surface area contributed by atoms with Gasteiger partial charge >= 0.3 is 12.4 Å². The highest BCUT2D eigenvalue weighted by Gasteiger charge is 2.40. The number of halogens is 6. The molecule has 39 heavy (non-hydrogen) atoms. The van der Waals surface area contributed by atoms with E-state index >= 15 is 0 Å². The molecule has 0 aliphatic carbocycles. The monoisotopic (exact) mass is 549 g/mol. The fourth-order valence-corrected chi connectivity index (χ4v) is 4.36. The van der Waals surface area contributed by atoms with Crippen LogP contribution in [-0.4, -0.2) is 32.6 Å². The van der Waals surface area contributed by atoms with Gasteiger partial charge in [-0.25, -0.2) is 0 Å². The molecule has 2 aliphatic rings. The molecule has 1 unspecified atom stereocenters. The molecule has 4 heterocycles. The van der Waals surface area contributed by atoms with E-state index in [9.17, 15) is 31.6 Å². The van der Waals surface area contributed by atoms with Crippen molar-refractivity contribution in [2.24, 2.45) is 0 Å². The molecule has 4 rings (SSSR count). The fraction of sp³-hybridized carbons (Fsp3) is 0.370. The zero-order valence-corrected chi connectivity index (χ0v) is 20.9. The zero-order valence-electron chi connectivity index (χ0n) is 20.9. The molecule has 0 saturated heterocycles. The molecule has 0 bridgehead atoms. The van der Waals surface area contributed by atoms with E-state index in [1.807, 2.05) is 6.92 Å². The second-order valence-electron chi connectivity index (χ2n) is 9.05. The largest absolute Gasteiger partial charge is 0.433 e. The second kappa shape index (κ2) is 11.5. The Hall–Kier alpha value is -3.85. The average Bonchev–Trinajstić information content (AvgIpc) is 3.19. The standard InChI is InChI=1S/C27H25F6N5O/c1-2-3-4-12-39-25-20(13-34)24-21(38(25)17-19-8-10-23(36-15-19)27(31,32)33)6-5-11-37(24)16-18-7-9-22(35-14-18)26(28,29)30/h5-11,14-15,25H,2-4,12,16-17H2,1H3. The van der Waals surface area contributed by atoms with E-state index in [1.165, 1.54) is 12.1 Å². The maximum absolute atomic E-state index is 13.0. The van der Waals surface area contributed by atoms with Crippen LogP contribution >= 0.6 is 0 Å². The van der Waals surface area contributed by atoms with Gasteiger partial charge in [0.2, 0.25) is 0 Å². The molecule has 2 aliphatic heterocycles. The smallest absolute Gasteiger partial charge is 0.353 e. The van der Waals surface area contributed by atoms with Gasteiger partial charge in [0.15, 0.2) is 6.23 Å². The number of allylic oxidation sites excluding steroid dienone is 2. The Kier molecular flexibility index (Phi) is 8.30.